The van der Waals surface area contributed by atoms with Crippen molar-refractivity contribution in [2.45, 2.75) is 40.7 Å². The SMILES string of the molecule is C#Cc1cccc(N(Cc2ccccc2)C(=O)Cc2c(C)nn(-c3nc(C)cc(C)n3)c2C)c1. The van der Waals surface area contributed by atoms with E-state index in [1.54, 1.807) is 9.58 Å². The van der Waals surface area contributed by atoms with Crippen LogP contribution in [-0.2, 0) is 17.8 Å². The number of amides is 1. The van der Waals surface area contributed by atoms with Crippen LogP contribution in [0.15, 0.2) is 60.7 Å². The summed E-state index contributed by atoms with van der Waals surface area (Å²) in [5, 5.41) is 4.65. The first-order valence-electron chi connectivity index (χ1n) is 11.1. The van der Waals surface area contributed by atoms with Crippen LogP contribution < -0.4 is 4.90 Å². The molecule has 1 amide bonds. The van der Waals surface area contributed by atoms with Crippen LogP contribution in [0.5, 0.6) is 0 Å². The third-order valence-electron chi connectivity index (χ3n) is 5.74. The molecule has 170 valence electrons. The van der Waals surface area contributed by atoms with E-state index in [2.05, 4.69) is 21.0 Å². The van der Waals surface area contributed by atoms with Crippen molar-refractivity contribution in [3.63, 3.8) is 0 Å². The summed E-state index contributed by atoms with van der Waals surface area (Å²) in [7, 11) is 0. The number of rotatable bonds is 6. The summed E-state index contributed by atoms with van der Waals surface area (Å²) in [6, 6.07) is 19.4. The Labute approximate surface area is 200 Å². The van der Waals surface area contributed by atoms with Crippen LogP contribution in [0.3, 0.4) is 0 Å². The molecule has 0 atom stereocenters. The zero-order valence-electron chi connectivity index (χ0n) is 19.9. The van der Waals surface area contributed by atoms with Crippen molar-refractivity contribution >= 4 is 11.6 Å². The summed E-state index contributed by atoms with van der Waals surface area (Å²) in [5.41, 5.74) is 6.79. The molecule has 0 radical (unpaired) electrons. The van der Waals surface area contributed by atoms with E-state index in [9.17, 15) is 4.79 Å². The van der Waals surface area contributed by atoms with Crippen molar-refractivity contribution in [1.29, 1.82) is 0 Å². The quantitative estimate of drug-likeness (QED) is 0.402. The summed E-state index contributed by atoms with van der Waals surface area (Å²) in [4.78, 5) is 24.5. The van der Waals surface area contributed by atoms with Gasteiger partial charge in [-0.1, -0.05) is 42.3 Å². The summed E-state index contributed by atoms with van der Waals surface area (Å²) < 4.78 is 1.72. The number of benzene rings is 2. The summed E-state index contributed by atoms with van der Waals surface area (Å²) in [6.07, 6.45) is 5.82. The third kappa shape index (κ3) is 4.89. The highest BCUT2D eigenvalue weighted by molar-refractivity contribution is 5.95. The van der Waals surface area contributed by atoms with Gasteiger partial charge in [0, 0.05) is 33.9 Å². The van der Waals surface area contributed by atoms with Gasteiger partial charge in [-0.3, -0.25) is 4.79 Å². The van der Waals surface area contributed by atoms with Crippen LogP contribution in [0.2, 0.25) is 0 Å². The lowest BCUT2D eigenvalue weighted by molar-refractivity contribution is -0.118. The molecule has 0 aliphatic carbocycles. The first-order valence-corrected chi connectivity index (χ1v) is 11.1. The summed E-state index contributed by atoms with van der Waals surface area (Å²) >= 11 is 0. The fourth-order valence-corrected chi connectivity index (χ4v) is 4.03. The predicted molar refractivity (Wildman–Crippen MR) is 134 cm³/mol. The number of anilines is 1. The highest BCUT2D eigenvalue weighted by Crippen LogP contribution is 2.23. The Morgan fingerprint density at radius 1 is 0.971 bits per heavy atom. The van der Waals surface area contributed by atoms with Crippen LogP contribution in [0, 0.1) is 40.0 Å². The molecule has 0 spiro atoms. The number of terminal acetylenes is 1. The van der Waals surface area contributed by atoms with Crippen molar-refractivity contribution in [2.75, 3.05) is 4.90 Å². The average molecular weight is 450 g/mol. The van der Waals surface area contributed by atoms with Gasteiger partial charge < -0.3 is 4.90 Å². The largest absolute Gasteiger partial charge is 0.308 e. The number of aryl methyl sites for hydroxylation is 3. The molecule has 2 heterocycles. The maximum Gasteiger partial charge on any atom is 0.251 e. The second-order valence-electron chi connectivity index (χ2n) is 8.35. The molecule has 2 aromatic carbocycles. The highest BCUT2D eigenvalue weighted by Gasteiger charge is 2.22. The normalized spacial score (nSPS) is 10.7. The Bertz CT molecular complexity index is 1360. The molecule has 0 aliphatic rings. The molecule has 2 aromatic heterocycles. The molecule has 0 saturated carbocycles. The van der Waals surface area contributed by atoms with Gasteiger partial charge in [0.2, 0.25) is 5.91 Å². The fourth-order valence-electron chi connectivity index (χ4n) is 4.03. The molecule has 6 heteroatoms. The van der Waals surface area contributed by atoms with E-state index < -0.39 is 0 Å². The number of hydrogen-bond acceptors (Lipinski definition) is 4. The van der Waals surface area contributed by atoms with Gasteiger partial charge in [-0.25, -0.2) is 14.6 Å². The summed E-state index contributed by atoms with van der Waals surface area (Å²) in [5.74, 6) is 3.13. The molecule has 6 nitrogen and oxygen atoms in total. The van der Waals surface area contributed by atoms with Crippen LogP contribution in [0.25, 0.3) is 5.95 Å². The Morgan fingerprint density at radius 3 is 2.35 bits per heavy atom. The maximum atomic E-state index is 13.7. The molecule has 0 fully saturated rings. The van der Waals surface area contributed by atoms with Gasteiger partial charge in [0.15, 0.2) is 0 Å². The van der Waals surface area contributed by atoms with Gasteiger partial charge in [0.05, 0.1) is 18.7 Å². The second-order valence-corrected chi connectivity index (χ2v) is 8.35. The van der Waals surface area contributed by atoms with Gasteiger partial charge in [-0.2, -0.15) is 5.10 Å². The Hall–Kier alpha value is -4.24. The minimum atomic E-state index is -0.0369. The molecular weight excluding hydrogens is 422 g/mol. The first-order chi connectivity index (χ1) is 16.4. The monoisotopic (exact) mass is 449 g/mol. The molecule has 4 rings (SSSR count). The molecule has 4 aromatic rings. The van der Waals surface area contributed by atoms with Crippen molar-refractivity contribution in [3.8, 4) is 18.3 Å². The lowest BCUT2D eigenvalue weighted by Gasteiger charge is -2.23. The Morgan fingerprint density at radius 2 is 1.68 bits per heavy atom. The van der Waals surface area contributed by atoms with E-state index in [4.69, 9.17) is 6.42 Å². The minimum absolute atomic E-state index is 0.0369. The van der Waals surface area contributed by atoms with Crippen molar-refractivity contribution in [2.24, 2.45) is 0 Å². The number of carbonyl (C=O) groups is 1. The van der Waals surface area contributed by atoms with Gasteiger partial charge in [0.1, 0.15) is 0 Å². The second kappa shape index (κ2) is 9.72. The van der Waals surface area contributed by atoms with Crippen LogP contribution in [0.1, 0.15) is 39.5 Å². The lowest BCUT2D eigenvalue weighted by atomic mass is 10.1. The molecule has 0 saturated heterocycles. The van der Waals surface area contributed by atoms with Crippen molar-refractivity contribution in [3.05, 3.63) is 100 Å². The van der Waals surface area contributed by atoms with Crippen LogP contribution >= 0.6 is 0 Å². The van der Waals surface area contributed by atoms with E-state index in [-0.39, 0.29) is 12.3 Å². The minimum Gasteiger partial charge on any atom is -0.308 e. The van der Waals surface area contributed by atoms with E-state index >= 15 is 0 Å². The zero-order valence-corrected chi connectivity index (χ0v) is 19.9. The molecule has 0 unspecified atom stereocenters. The molecule has 0 aliphatic heterocycles. The highest BCUT2D eigenvalue weighted by atomic mass is 16.2. The van der Waals surface area contributed by atoms with E-state index in [0.717, 1.165) is 45.2 Å². The van der Waals surface area contributed by atoms with Gasteiger partial charge in [-0.15, -0.1) is 6.42 Å². The molecular formula is C28H27N5O. The van der Waals surface area contributed by atoms with Crippen LogP contribution in [-0.4, -0.2) is 25.7 Å². The molecule has 34 heavy (non-hydrogen) atoms. The third-order valence-corrected chi connectivity index (χ3v) is 5.74. The Balaban J connectivity index is 1.69. The number of hydrogen-bond donors (Lipinski definition) is 0. The predicted octanol–water partition coefficient (Wildman–Crippen LogP) is 4.65. The number of nitrogens with zero attached hydrogens (tertiary/aromatic N) is 5. The van der Waals surface area contributed by atoms with Crippen molar-refractivity contribution < 1.29 is 4.79 Å². The molecule has 0 N–H and O–H groups in total. The Kier molecular flexibility index (Phi) is 6.55. The lowest BCUT2D eigenvalue weighted by Crippen LogP contribution is -2.32. The smallest absolute Gasteiger partial charge is 0.251 e. The number of aromatic nitrogens is 4. The van der Waals surface area contributed by atoms with E-state index in [1.807, 2.05) is 88.4 Å². The van der Waals surface area contributed by atoms with Gasteiger partial charge in [-0.05, 0) is 57.5 Å². The maximum absolute atomic E-state index is 13.7. The van der Waals surface area contributed by atoms with Crippen LogP contribution in [0.4, 0.5) is 5.69 Å². The average Bonchev–Trinajstić information content (AvgIpc) is 3.11. The van der Waals surface area contributed by atoms with E-state index in [0.29, 0.717) is 12.5 Å². The number of carbonyl (C=O) groups excluding carboxylic acids is 1. The summed E-state index contributed by atoms with van der Waals surface area (Å²) in [6.45, 7) is 8.17. The first kappa shape index (κ1) is 22.9. The zero-order chi connectivity index (χ0) is 24.2. The molecule has 0 bridgehead atoms. The van der Waals surface area contributed by atoms with E-state index in [1.165, 1.54) is 0 Å². The standard InChI is InChI=1S/C28H27N5O/c1-6-23-13-10-14-25(16-23)32(18-24-11-8-7-9-12-24)27(34)17-26-21(4)31-33(22(26)5)28-29-19(2)15-20(3)30-28/h1,7-16H,17-18H2,2-5H3. The van der Waals surface area contributed by atoms with Gasteiger partial charge >= 0.3 is 0 Å². The topological polar surface area (TPSA) is 63.9 Å². The van der Waals surface area contributed by atoms with Crippen molar-refractivity contribution in [1.82, 2.24) is 19.7 Å². The van der Waals surface area contributed by atoms with Gasteiger partial charge in [0.25, 0.3) is 5.95 Å². The fraction of sp³-hybridized carbons (Fsp3) is 0.214.